The summed E-state index contributed by atoms with van der Waals surface area (Å²) in [6.45, 7) is 10.6. The molecule has 0 rings (SSSR count). The lowest BCUT2D eigenvalue weighted by molar-refractivity contribution is -0.119. The third-order valence-corrected chi connectivity index (χ3v) is 1.93. The van der Waals surface area contributed by atoms with Crippen LogP contribution in [-0.4, -0.2) is 18.0 Å². The Bertz CT molecular complexity index is 197. The second-order valence-corrected chi connectivity index (χ2v) is 3.98. The van der Waals surface area contributed by atoms with Gasteiger partial charge in [-0.05, 0) is 20.3 Å². The normalized spacial score (nSPS) is 11.3. The van der Waals surface area contributed by atoms with Crippen LogP contribution in [0.3, 0.4) is 0 Å². The van der Waals surface area contributed by atoms with Crippen LogP contribution in [0.25, 0.3) is 0 Å². The zero-order valence-corrected chi connectivity index (χ0v) is 8.81. The molecule has 0 aromatic carbocycles. The van der Waals surface area contributed by atoms with E-state index in [1.807, 2.05) is 13.8 Å². The van der Waals surface area contributed by atoms with Crippen LogP contribution >= 0.6 is 0 Å². The smallest absolute Gasteiger partial charge is 0.219 e. The summed E-state index contributed by atoms with van der Waals surface area (Å²) < 4.78 is 0. The summed E-state index contributed by atoms with van der Waals surface area (Å²) in [5, 5.41) is 3.24. The fraction of sp³-hybridized carbons (Fsp3) is 0.700. The summed E-state index contributed by atoms with van der Waals surface area (Å²) in [6, 6.07) is 0. The van der Waals surface area contributed by atoms with Gasteiger partial charge < -0.3 is 11.1 Å². The molecule has 0 radical (unpaired) electrons. The lowest BCUT2D eigenvalue weighted by atomic mass is 10.00. The molecule has 76 valence electrons. The van der Waals surface area contributed by atoms with Crippen LogP contribution < -0.4 is 11.1 Å². The molecule has 0 aromatic rings. The first-order valence-corrected chi connectivity index (χ1v) is 4.57. The van der Waals surface area contributed by atoms with Crippen LogP contribution in [0.1, 0.15) is 33.6 Å². The second-order valence-electron chi connectivity index (χ2n) is 3.98. The minimum atomic E-state index is -0.278. The summed E-state index contributed by atoms with van der Waals surface area (Å²) in [5.41, 5.74) is 6.02. The highest BCUT2D eigenvalue weighted by Gasteiger charge is 2.19. The Labute approximate surface area is 80.4 Å². The second kappa shape index (κ2) is 5.02. The van der Waals surface area contributed by atoms with Gasteiger partial charge in [-0.15, -0.1) is 0 Å². The minimum absolute atomic E-state index is 0.232. The Kier molecular flexibility index (Phi) is 4.70. The van der Waals surface area contributed by atoms with E-state index in [4.69, 9.17) is 5.73 Å². The van der Waals surface area contributed by atoms with Gasteiger partial charge in [0.25, 0.3) is 0 Å². The molecule has 0 bridgehead atoms. The zero-order chi connectivity index (χ0) is 10.5. The van der Waals surface area contributed by atoms with E-state index >= 15 is 0 Å². The van der Waals surface area contributed by atoms with Crippen molar-refractivity contribution in [2.75, 3.05) is 6.54 Å². The molecule has 3 N–H and O–H groups in total. The van der Waals surface area contributed by atoms with E-state index in [0.29, 0.717) is 6.42 Å². The maximum atomic E-state index is 10.7. The zero-order valence-electron chi connectivity index (χ0n) is 8.81. The van der Waals surface area contributed by atoms with Crippen molar-refractivity contribution in [2.24, 2.45) is 5.73 Å². The standard InChI is InChI=1S/C10H20N2O/c1-5-8(2)7-12-10(3,4)6-9(11)13/h12H,2,5-7H2,1,3-4H3,(H2,11,13). The molecule has 0 spiro atoms. The highest BCUT2D eigenvalue weighted by Crippen LogP contribution is 2.08. The number of carbonyl (C=O) groups is 1. The number of rotatable bonds is 6. The maximum Gasteiger partial charge on any atom is 0.219 e. The highest BCUT2D eigenvalue weighted by molar-refractivity contribution is 5.74. The van der Waals surface area contributed by atoms with Crippen LogP contribution in [-0.2, 0) is 4.79 Å². The Balaban J connectivity index is 3.88. The molecule has 0 fully saturated rings. The molecule has 0 aromatic heterocycles. The van der Waals surface area contributed by atoms with Crippen molar-refractivity contribution >= 4 is 5.91 Å². The van der Waals surface area contributed by atoms with Gasteiger partial charge in [0, 0.05) is 18.5 Å². The summed E-state index contributed by atoms with van der Waals surface area (Å²) in [4.78, 5) is 10.7. The van der Waals surface area contributed by atoms with Gasteiger partial charge in [-0.25, -0.2) is 0 Å². The van der Waals surface area contributed by atoms with E-state index in [9.17, 15) is 4.79 Å². The Morgan fingerprint density at radius 2 is 2.08 bits per heavy atom. The van der Waals surface area contributed by atoms with Crippen molar-refractivity contribution in [1.29, 1.82) is 0 Å². The van der Waals surface area contributed by atoms with Crippen molar-refractivity contribution in [3.05, 3.63) is 12.2 Å². The van der Waals surface area contributed by atoms with Crippen LogP contribution in [0, 0.1) is 0 Å². The first-order chi connectivity index (χ1) is 5.87. The van der Waals surface area contributed by atoms with Crippen LogP contribution in [0.15, 0.2) is 12.2 Å². The number of hydrogen-bond donors (Lipinski definition) is 2. The number of primary amides is 1. The average Bonchev–Trinajstić information content (AvgIpc) is 1.98. The number of amides is 1. The minimum Gasteiger partial charge on any atom is -0.370 e. The van der Waals surface area contributed by atoms with Crippen molar-refractivity contribution in [3.8, 4) is 0 Å². The fourth-order valence-corrected chi connectivity index (χ4v) is 0.987. The molecule has 0 aliphatic heterocycles. The predicted molar refractivity (Wildman–Crippen MR) is 55.3 cm³/mol. The quantitative estimate of drug-likeness (QED) is 0.609. The van der Waals surface area contributed by atoms with E-state index in [2.05, 4.69) is 18.8 Å². The van der Waals surface area contributed by atoms with Gasteiger partial charge in [0.1, 0.15) is 0 Å². The SMILES string of the molecule is C=C(CC)CNC(C)(C)CC(N)=O. The largest absolute Gasteiger partial charge is 0.370 e. The first kappa shape index (κ1) is 12.2. The molecule has 1 amide bonds. The Morgan fingerprint density at radius 1 is 1.54 bits per heavy atom. The van der Waals surface area contributed by atoms with Gasteiger partial charge in [0.2, 0.25) is 5.91 Å². The lowest BCUT2D eigenvalue weighted by Gasteiger charge is -2.25. The van der Waals surface area contributed by atoms with Gasteiger partial charge in [-0.3, -0.25) is 4.79 Å². The van der Waals surface area contributed by atoms with E-state index in [1.54, 1.807) is 0 Å². The third-order valence-electron chi connectivity index (χ3n) is 1.93. The van der Waals surface area contributed by atoms with Gasteiger partial charge in [0.05, 0.1) is 0 Å². The molecule has 3 heteroatoms. The van der Waals surface area contributed by atoms with Crippen LogP contribution in [0.4, 0.5) is 0 Å². The van der Waals surface area contributed by atoms with Gasteiger partial charge in [-0.1, -0.05) is 19.1 Å². The predicted octanol–water partition coefficient (Wildman–Crippen LogP) is 1.20. The highest BCUT2D eigenvalue weighted by atomic mass is 16.1. The fourth-order valence-electron chi connectivity index (χ4n) is 0.987. The van der Waals surface area contributed by atoms with Crippen molar-refractivity contribution in [3.63, 3.8) is 0 Å². The Hall–Kier alpha value is -0.830. The summed E-state index contributed by atoms with van der Waals surface area (Å²) in [5.74, 6) is -0.278. The van der Waals surface area contributed by atoms with E-state index in [1.165, 1.54) is 0 Å². The van der Waals surface area contributed by atoms with E-state index < -0.39 is 0 Å². The summed E-state index contributed by atoms with van der Waals surface area (Å²) in [6.07, 6.45) is 1.31. The molecular formula is C10H20N2O. The number of nitrogens with one attached hydrogen (secondary N) is 1. The average molecular weight is 184 g/mol. The Morgan fingerprint density at radius 3 is 2.46 bits per heavy atom. The van der Waals surface area contributed by atoms with E-state index in [-0.39, 0.29) is 11.4 Å². The number of carbonyl (C=O) groups excluding carboxylic acids is 1. The van der Waals surface area contributed by atoms with Gasteiger partial charge >= 0.3 is 0 Å². The molecule has 3 nitrogen and oxygen atoms in total. The monoisotopic (exact) mass is 184 g/mol. The number of nitrogens with two attached hydrogens (primary N) is 1. The summed E-state index contributed by atoms with van der Waals surface area (Å²) in [7, 11) is 0. The van der Waals surface area contributed by atoms with Crippen molar-refractivity contribution in [2.45, 2.75) is 39.2 Å². The molecule has 0 saturated carbocycles. The lowest BCUT2D eigenvalue weighted by Crippen LogP contribution is -2.43. The van der Waals surface area contributed by atoms with Gasteiger partial charge in [0.15, 0.2) is 0 Å². The topological polar surface area (TPSA) is 55.1 Å². The van der Waals surface area contributed by atoms with Crippen molar-refractivity contribution < 1.29 is 4.79 Å². The van der Waals surface area contributed by atoms with E-state index in [0.717, 1.165) is 18.5 Å². The molecule has 0 unspecified atom stereocenters. The van der Waals surface area contributed by atoms with Crippen molar-refractivity contribution in [1.82, 2.24) is 5.32 Å². The molecule has 0 heterocycles. The molecular weight excluding hydrogens is 164 g/mol. The number of hydrogen-bond acceptors (Lipinski definition) is 2. The maximum absolute atomic E-state index is 10.7. The molecule has 0 saturated heterocycles. The van der Waals surface area contributed by atoms with Crippen LogP contribution in [0.2, 0.25) is 0 Å². The molecule has 0 aliphatic rings. The molecule has 0 aliphatic carbocycles. The molecule has 0 atom stereocenters. The molecule has 13 heavy (non-hydrogen) atoms. The third kappa shape index (κ3) is 6.34. The first-order valence-electron chi connectivity index (χ1n) is 4.57. The van der Waals surface area contributed by atoms with Crippen LogP contribution in [0.5, 0.6) is 0 Å². The summed E-state index contributed by atoms with van der Waals surface area (Å²) >= 11 is 0. The van der Waals surface area contributed by atoms with Gasteiger partial charge in [-0.2, -0.15) is 0 Å².